The summed E-state index contributed by atoms with van der Waals surface area (Å²) >= 11 is 0. The van der Waals surface area contributed by atoms with Gasteiger partial charge in [-0.2, -0.15) is 0 Å². The lowest BCUT2D eigenvalue weighted by Crippen LogP contribution is -2.60. The molecule has 0 atom stereocenters. The van der Waals surface area contributed by atoms with Crippen molar-refractivity contribution >= 4 is 17.1 Å². The highest BCUT2D eigenvalue weighted by Gasteiger charge is 2.51. The molecule has 1 aromatic rings. The summed E-state index contributed by atoms with van der Waals surface area (Å²) in [6.45, 7) is 0. The Balaban J connectivity index is 1.29. The maximum Gasteiger partial charge on any atom is 0.413 e. The van der Waals surface area contributed by atoms with E-state index >= 15 is 0 Å². The van der Waals surface area contributed by atoms with Crippen molar-refractivity contribution < 1.29 is 22.8 Å². The van der Waals surface area contributed by atoms with Crippen molar-refractivity contribution in [3.63, 3.8) is 0 Å². The molecule has 1 aromatic heterocycles. The van der Waals surface area contributed by atoms with Crippen LogP contribution in [0.1, 0.15) is 38.5 Å². The van der Waals surface area contributed by atoms with Crippen molar-refractivity contribution in [1.82, 2.24) is 5.32 Å². The van der Waals surface area contributed by atoms with Gasteiger partial charge in [-0.15, -0.1) is 0 Å². The Bertz CT molecular complexity index is 1150. The minimum Gasteiger partial charge on any atom is -0.472 e. The molecule has 4 saturated carbocycles. The summed E-state index contributed by atoms with van der Waals surface area (Å²) in [5.74, 6) is 2.64. The van der Waals surface area contributed by atoms with Gasteiger partial charge in [0.25, 0.3) is 0 Å². The normalized spacial score (nSPS) is 29.9. The molecule has 4 aliphatic carbocycles. The maximum atomic E-state index is 12.8. The first kappa shape index (κ1) is 17.0. The zero-order chi connectivity index (χ0) is 19.4. The van der Waals surface area contributed by atoms with E-state index in [0.717, 1.165) is 42.4 Å². The summed E-state index contributed by atoms with van der Waals surface area (Å²) < 4.78 is 22.1. The van der Waals surface area contributed by atoms with Crippen LogP contribution >= 0.6 is 0 Å². The molecule has 2 aliphatic heterocycles. The Hall–Kier alpha value is -2.89. The Morgan fingerprint density at radius 1 is 1.07 bits per heavy atom. The average Bonchev–Trinajstić information content (AvgIpc) is 3.28. The van der Waals surface area contributed by atoms with Gasteiger partial charge in [0.05, 0.1) is 17.9 Å². The van der Waals surface area contributed by atoms with E-state index < -0.39 is 6.09 Å². The minimum atomic E-state index is -0.407. The monoisotopic (exact) mass is 393 g/mol. The van der Waals surface area contributed by atoms with E-state index in [9.17, 15) is 4.79 Å². The molecule has 0 unspecified atom stereocenters. The summed E-state index contributed by atoms with van der Waals surface area (Å²) in [6, 6.07) is 6.94. The molecule has 29 heavy (non-hydrogen) atoms. The van der Waals surface area contributed by atoms with Gasteiger partial charge in [-0.25, -0.2) is 4.79 Å². The predicted octanol–water partition coefficient (Wildman–Crippen LogP) is 5.53. The molecule has 0 radical (unpaired) electrons. The van der Waals surface area contributed by atoms with Crippen molar-refractivity contribution in [3.8, 4) is 5.75 Å². The number of nitrogens with one attached hydrogen (secondary N) is 1. The molecule has 4 fully saturated rings. The molecule has 150 valence electrons. The topological polar surface area (TPSA) is 77.8 Å². The zero-order valence-electron chi connectivity index (χ0n) is 16.1. The lowest BCUT2D eigenvalue weighted by Gasteiger charge is -2.56. The van der Waals surface area contributed by atoms with Gasteiger partial charge in [-0.3, -0.25) is 0 Å². The van der Waals surface area contributed by atoms with Crippen LogP contribution in [0.25, 0.3) is 11.0 Å². The molecule has 1 N–H and O–H groups in total. The standard InChI is InChI=1S/C23H23NO5/c25-22(24-23-10-14-6-15(11-23)8-16(7-14)12-23)29-18-2-1-4-26-13-17-3-5-27-19(17)9-20-21(18)28-20/h1-5,9,13-16H,6-8,10-12H2,(H,24,25). The van der Waals surface area contributed by atoms with Crippen LogP contribution in [0.5, 0.6) is 5.75 Å². The van der Waals surface area contributed by atoms with Crippen molar-refractivity contribution in [3.05, 3.63) is 53.9 Å². The average molecular weight is 393 g/mol. The van der Waals surface area contributed by atoms with Gasteiger partial charge in [0.1, 0.15) is 11.8 Å². The van der Waals surface area contributed by atoms with E-state index in [1.807, 2.05) is 6.07 Å². The van der Waals surface area contributed by atoms with Crippen LogP contribution in [0.2, 0.25) is 0 Å². The minimum absolute atomic E-state index is 0.0927. The fourth-order valence-electron chi connectivity index (χ4n) is 6.06. The Morgan fingerprint density at radius 2 is 1.83 bits per heavy atom. The number of hydrogen-bond donors (Lipinski definition) is 1. The molecule has 6 aliphatic rings. The number of furan rings is 1. The zero-order valence-corrected chi connectivity index (χ0v) is 16.1. The molecular weight excluding hydrogens is 370 g/mol. The van der Waals surface area contributed by atoms with Crippen molar-refractivity contribution in [2.24, 2.45) is 17.8 Å². The lowest BCUT2D eigenvalue weighted by molar-refractivity contribution is -0.0161. The molecule has 0 aromatic carbocycles. The first-order valence-corrected chi connectivity index (χ1v) is 10.4. The Labute approximate surface area is 167 Å². The van der Waals surface area contributed by atoms with Crippen LogP contribution < -0.4 is 10.1 Å². The van der Waals surface area contributed by atoms with Gasteiger partial charge in [0, 0.05) is 11.6 Å². The van der Waals surface area contributed by atoms with Crippen LogP contribution in [-0.2, 0) is 0 Å². The van der Waals surface area contributed by atoms with E-state index in [-0.39, 0.29) is 5.54 Å². The third-order valence-corrected chi connectivity index (χ3v) is 6.82. The number of fused-ring (bicyclic) bond motifs is 1. The van der Waals surface area contributed by atoms with E-state index in [1.165, 1.54) is 25.5 Å². The smallest absolute Gasteiger partial charge is 0.413 e. The molecule has 7 rings (SSSR count). The van der Waals surface area contributed by atoms with Crippen LogP contribution in [0.3, 0.4) is 0 Å². The van der Waals surface area contributed by atoms with E-state index in [2.05, 4.69) is 5.32 Å². The summed E-state index contributed by atoms with van der Waals surface area (Å²) in [7, 11) is 0. The van der Waals surface area contributed by atoms with Gasteiger partial charge < -0.3 is 23.3 Å². The van der Waals surface area contributed by atoms with Gasteiger partial charge in [-0.05, 0) is 74.5 Å². The number of hydrogen-bond acceptors (Lipinski definition) is 5. The van der Waals surface area contributed by atoms with Crippen molar-refractivity contribution in [1.29, 1.82) is 0 Å². The Kier molecular flexibility index (Phi) is 3.70. The maximum absolute atomic E-state index is 12.8. The molecule has 6 nitrogen and oxygen atoms in total. The fraction of sp³-hybridized carbons (Fsp3) is 0.435. The second-order valence-electron chi connectivity index (χ2n) is 9.01. The molecule has 0 saturated heterocycles. The number of carbonyl (C=O) groups is 1. The summed E-state index contributed by atoms with van der Waals surface area (Å²) in [4.78, 5) is 12.8. The molecule has 6 heteroatoms. The van der Waals surface area contributed by atoms with E-state index in [4.69, 9.17) is 18.0 Å². The predicted molar refractivity (Wildman–Crippen MR) is 104 cm³/mol. The van der Waals surface area contributed by atoms with E-state index in [0.29, 0.717) is 22.2 Å². The number of carbonyl (C=O) groups excluding carboxylic acids is 1. The van der Waals surface area contributed by atoms with Gasteiger partial charge in [0.2, 0.25) is 5.42 Å². The highest BCUT2D eigenvalue weighted by Crippen LogP contribution is 2.55. The van der Waals surface area contributed by atoms with Crippen molar-refractivity contribution in [2.45, 2.75) is 44.1 Å². The van der Waals surface area contributed by atoms with Gasteiger partial charge >= 0.3 is 6.09 Å². The second-order valence-corrected chi connectivity index (χ2v) is 9.01. The third-order valence-electron chi connectivity index (χ3n) is 6.82. The first-order chi connectivity index (χ1) is 14.2. The summed E-state index contributed by atoms with van der Waals surface area (Å²) in [5, 5.41) is 4.03. The first-order valence-electron chi connectivity index (χ1n) is 10.4. The summed E-state index contributed by atoms with van der Waals surface area (Å²) in [6.07, 6.45) is 11.5. The lowest BCUT2D eigenvalue weighted by atomic mass is 9.53. The van der Waals surface area contributed by atoms with Gasteiger partial charge in [-0.1, -0.05) is 0 Å². The quantitative estimate of drug-likeness (QED) is 0.620. The molecule has 3 heterocycles. The number of rotatable bonds is 2. The SMILES string of the molecule is O=C(NC12CC3CC(CC(C3)C1)C2)Oc1cccocc2ccoc2cc2oc1=2. The second kappa shape index (κ2) is 6.31. The van der Waals surface area contributed by atoms with Crippen molar-refractivity contribution in [2.75, 3.05) is 0 Å². The summed E-state index contributed by atoms with van der Waals surface area (Å²) in [5.41, 5.74) is 1.70. The Morgan fingerprint density at radius 3 is 2.59 bits per heavy atom. The molecular formula is C23H23NO5. The fourth-order valence-corrected chi connectivity index (χ4v) is 6.06. The molecule has 1 amide bonds. The number of ether oxygens (including phenoxy) is 1. The van der Waals surface area contributed by atoms with Gasteiger partial charge in [0.15, 0.2) is 11.2 Å². The largest absolute Gasteiger partial charge is 0.472 e. The van der Waals surface area contributed by atoms with E-state index in [1.54, 1.807) is 30.7 Å². The molecule has 4 bridgehead atoms. The third kappa shape index (κ3) is 3.16. The van der Waals surface area contributed by atoms with Crippen LogP contribution in [0.4, 0.5) is 4.79 Å². The van der Waals surface area contributed by atoms with Crippen LogP contribution in [0, 0.1) is 28.6 Å². The van der Waals surface area contributed by atoms with Crippen LogP contribution in [-0.4, -0.2) is 11.6 Å². The number of amides is 1. The van der Waals surface area contributed by atoms with Crippen LogP contribution in [0.15, 0.2) is 56.3 Å². The highest BCUT2D eigenvalue weighted by atomic mass is 16.6. The highest BCUT2D eigenvalue weighted by molar-refractivity contribution is 5.74. The molecule has 0 spiro atoms.